The van der Waals surface area contributed by atoms with Crippen LogP contribution in [0.4, 0.5) is 5.69 Å². The van der Waals surface area contributed by atoms with Crippen molar-refractivity contribution in [2.45, 2.75) is 0 Å². The van der Waals surface area contributed by atoms with Crippen LogP contribution in [0.1, 0.15) is 10.4 Å². The Morgan fingerprint density at radius 2 is 1.77 bits per heavy atom. The van der Waals surface area contributed by atoms with Crippen LogP contribution in [0.3, 0.4) is 0 Å². The summed E-state index contributed by atoms with van der Waals surface area (Å²) in [6, 6.07) is 8.03. The second kappa shape index (κ2) is 7.00. The second-order valence-corrected chi connectivity index (χ2v) is 4.63. The summed E-state index contributed by atoms with van der Waals surface area (Å²) in [5.41, 5.74) is 0.904. The van der Waals surface area contributed by atoms with Crippen LogP contribution in [0, 0.1) is 0 Å². The van der Waals surface area contributed by atoms with Crippen molar-refractivity contribution >= 4 is 23.2 Å². The molecular formula is C15H15ClN2O4. The predicted molar refractivity (Wildman–Crippen MR) is 83.3 cm³/mol. The minimum Gasteiger partial charge on any atom is -0.493 e. The lowest BCUT2D eigenvalue weighted by Crippen LogP contribution is -2.12. The summed E-state index contributed by atoms with van der Waals surface area (Å²) in [6.45, 7) is 0. The molecule has 0 spiro atoms. The first-order valence-corrected chi connectivity index (χ1v) is 6.70. The molecule has 0 aliphatic rings. The van der Waals surface area contributed by atoms with Crippen molar-refractivity contribution in [3.05, 3.63) is 41.0 Å². The molecule has 0 aliphatic carbocycles. The zero-order valence-corrected chi connectivity index (χ0v) is 13.1. The highest BCUT2D eigenvalue weighted by molar-refractivity contribution is 6.30. The van der Waals surface area contributed by atoms with Gasteiger partial charge in [-0.1, -0.05) is 11.6 Å². The first-order valence-electron chi connectivity index (χ1n) is 6.32. The van der Waals surface area contributed by atoms with Crippen LogP contribution in [0.25, 0.3) is 0 Å². The highest BCUT2D eigenvalue weighted by Gasteiger charge is 2.12. The molecule has 22 heavy (non-hydrogen) atoms. The highest BCUT2D eigenvalue weighted by atomic mass is 35.5. The zero-order valence-electron chi connectivity index (χ0n) is 12.3. The maximum Gasteiger partial charge on any atom is 0.255 e. The summed E-state index contributed by atoms with van der Waals surface area (Å²) in [6.07, 6.45) is 0. The van der Waals surface area contributed by atoms with Gasteiger partial charge in [0.1, 0.15) is 5.15 Å². The van der Waals surface area contributed by atoms with E-state index in [0.717, 1.165) is 0 Å². The number of amides is 1. The summed E-state index contributed by atoms with van der Waals surface area (Å²) in [5.74, 6) is 1.03. The van der Waals surface area contributed by atoms with Gasteiger partial charge >= 0.3 is 0 Å². The zero-order chi connectivity index (χ0) is 16.1. The molecule has 0 saturated heterocycles. The molecule has 0 radical (unpaired) electrons. The molecule has 0 unspecified atom stereocenters. The van der Waals surface area contributed by atoms with Gasteiger partial charge in [0.05, 0.1) is 21.3 Å². The number of hydrogen-bond donors (Lipinski definition) is 1. The number of methoxy groups -OCH3 is 3. The summed E-state index contributed by atoms with van der Waals surface area (Å²) < 4.78 is 15.3. The third kappa shape index (κ3) is 3.59. The molecule has 6 nitrogen and oxygen atoms in total. The van der Waals surface area contributed by atoms with Crippen LogP contribution in [-0.2, 0) is 0 Å². The lowest BCUT2D eigenvalue weighted by molar-refractivity contribution is 0.102. The molecule has 2 rings (SSSR count). The molecule has 1 N–H and O–H groups in total. The van der Waals surface area contributed by atoms with E-state index in [1.807, 2.05) is 0 Å². The normalized spacial score (nSPS) is 10.0. The highest BCUT2D eigenvalue weighted by Crippen LogP contribution is 2.30. The molecule has 7 heteroatoms. The van der Waals surface area contributed by atoms with Crippen molar-refractivity contribution < 1.29 is 19.0 Å². The van der Waals surface area contributed by atoms with Crippen molar-refractivity contribution in [1.29, 1.82) is 0 Å². The standard InChI is InChI=1S/C15H15ClN2O4/c1-20-11-5-4-10(8-12(11)21-2)17-15(19)9-6-13(16)18-14(7-9)22-3/h4-8H,1-3H3,(H,17,19). The Kier molecular flexibility index (Phi) is 5.06. The molecule has 1 amide bonds. The van der Waals surface area contributed by atoms with Crippen LogP contribution >= 0.6 is 11.6 Å². The molecule has 0 bridgehead atoms. The number of ether oxygens (including phenoxy) is 3. The van der Waals surface area contributed by atoms with E-state index in [4.69, 9.17) is 25.8 Å². The number of nitrogens with zero attached hydrogens (tertiary/aromatic N) is 1. The number of halogens is 1. The predicted octanol–water partition coefficient (Wildman–Crippen LogP) is 3.01. The number of aromatic nitrogens is 1. The van der Waals surface area contributed by atoms with Gasteiger partial charge in [-0.15, -0.1) is 0 Å². The van der Waals surface area contributed by atoms with Gasteiger partial charge in [-0.3, -0.25) is 4.79 Å². The van der Waals surface area contributed by atoms with Gasteiger partial charge in [0.15, 0.2) is 11.5 Å². The van der Waals surface area contributed by atoms with Gasteiger partial charge in [-0.2, -0.15) is 0 Å². The minimum atomic E-state index is -0.338. The summed E-state index contributed by atoms with van der Waals surface area (Å²) >= 11 is 5.86. The van der Waals surface area contributed by atoms with Crippen molar-refractivity contribution in [3.8, 4) is 17.4 Å². The van der Waals surface area contributed by atoms with Crippen molar-refractivity contribution in [3.63, 3.8) is 0 Å². The van der Waals surface area contributed by atoms with Gasteiger partial charge in [-0.25, -0.2) is 4.98 Å². The van der Waals surface area contributed by atoms with E-state index >= 15 is 0 Å². The monoisotopic (exact) mass is 322 g/mol. The lowest BCUT2D eigenvalue weighted by atomic mass is 10.2. The smallest absolute Gasteiger partial charge is 0.255 e. The fraction of sp³-hybridized carbons (Fsp3) is 0.200. The topological polar surface area (TPSA) is 69.7 Å². The molecule has 1 heterocycles. The maximum absolute atomic E-state index is 12.3. The molecule has 116 valence electrons. The third-order valence-corrected chi connectivity index (χ3v) is 3.08. The molecular weight excluding hydrogens is 308 g/mol. The van der Waals surface area contributed by atoms with Crippen LogP contribution in [0.5, 0.6) is 17.4 Å². The summed E-state index contributed by atoms with van der Waals surface area (Å²) in [4.78, 5) is 16.2. The maximum atomic E-state index is 12.3. The number of anilines is 1. The van der Waals surface area contributed by atoms with Gasteiger partial charge in [-0.05, 0) is 18.2 Å². The number of hydrogen-bond acceptors (Lipinski definition) is 5. The quantitative estimate of drug-likeness (QED) is 0.857. The van der Waals surface area contributed by atoms with Crippen LogP contribution in [0.15, 0.2) is 30.3 Å². The number of rotatable bonds is 5. The van der Waals surface area contributed by atoms with E-state index in [1.54, 1.807) is 25.3 Å². The number of nitrogens with one attached hydrogen (secondary N) is 1. The van der Waals surface area contributed by atoms with Gasteiger partial charge in [0, 0.05) is 23.4 Å². The van der Waals surface area contributed by atoms with Crippen LogP contribution in [-0.4, -0.2) is 32.2 Å². The number of carbonyl (C=O) groups excluding carboxylic acids is 1. The third-order valence-electron chi connectivity index (χ3n) is 2.88. The van der Waals surface area contributed by atoms with E-state index in [0.29, 0.717) is 22.7 Å². The van der Waals surface area contributed by atoms with E-state index in [-0.39, 0.29) is 16.9 Å². The second-order valence-electron chi connectivity index (χ2n) is 4.24. The summed E-state index contributed by atoms with van der Waals surface area (Å²) in [7, 11) is 4.52. The average Bonchev–Trinajstić information content (AvgIpc) is 2.53. The van der Waals surface area contributed by atoms with E-state index < -0.39 is 0 Å². The Balaban J connectivity index is 2.23. The fourth-order valence-electron chi connectivity index (χ4n) is 1.83. The molecule has 0 saturated carbocycles. The van der Waals surface area contributed by atoms with Crippen molar-refractivity contribution in [2.24, 2.45) is 0 Å². The van der Waals surface area contributed by atoms with Gasteiger partial charge in [0.25, 0.3) is 5.91 Å². The molecule has 2 aromatic rings. The first kappa shape index (κ1) is 15.9. The average molecular weight is 323 g/mol. The Bertz CT molecular complexity index is 691. The Morgan fingerprint density at radius 1 is 1.05 bits per heavy atom. The van der Waals surface area contributed by atoms with Crippen molar-refractivity contribution in [2.75, 3.05) is 26.6 Å². The first-order chi connectivity index (χ1) is 10.6. The van der Waals surface area contributed by atoms with E-state index in [9.17, 15) is 4.79 Å². The van der Waals surface area contributed by atoms with Gasteiger partial charge in [0.2, 0.25) is 5.88 Å². The molecule has 0 fully saturated rings. The van der Waals surface area contributed by atoms with Crippen LogP contribution in [0.2, 0.25) is 5.15 Å². The Morgan fingerprint density at radius 3 is 2.41 bits per heavy atom. The van der Waals surface area contributed by atoms with E-state index in [2.05, 4.69) is 10.3 Å². The fourth-order valence-corrected chi connectivity index (χ4v) is 2.03. The van der Waals surface area contributed by atoms with E-state index in [1.165, 1.54) is 26.4 Å². The number of pyridine rings is 1. The number of carbonyl (C=O) groups is 1. The Hall–Kier alpha value is -2.47. The molecule has 1 aromatic carbocycles. The van der Waals surface area contributed by atoms with Gasteiger partial charge < -0.3 is 19.5 Å². The molecule has 0 atom stereocenters. The van der Waals surface area contributed by atoms with Crippen LogP contribution < -0.4 is 19.5 Å². The minimum absolute atomic E-state index is 0.178. The largest absolute Gasteiger partial charge is 0.493 e. The molecule has 1 aromatic heterocycles. The number of benzene rings is 1. The molecule has 0 aliphatic heterocycles. The Labute approximate surface area is 133 Å². The SMILES string of the molecule is COc1cc(C(=O)Nc2ccc(OC)c(OC)c2)cc(Cl)n1. The van der Waals surface area contributed by atoms with Crippen molar-refractivity contribution in [1.82, 2.24) is 4.98 Å². The lowest BCUT2D eigenvalue weighted by Gasteiger charge is -2.11. The summed E-state index contributed by atoms with van der Waals surface area (Å²) in [5, 5.41) is 2.92.